The predicted octanol–water partition coefficient (Wildman–Crippen LogP) is 3.95. The molecule has 1 atom stereocenters. The lowest BCUT2D eigenvalue weighted by atomic mass is 10.1. The van der Waals surface area contributed by atoms with Crippen LogP contribution in [0, 0.1) is 0 Å². The molecule has 1 nitrogen and oxygen atoms in total. The number of rotatable bonds is 2. The molecule has 1 aliphatic rings. The van der Waals surface area contributed by atoms with Gasteiger partial charge in [0.1, 0.15) is 0 Å². The molecule has 0 aliphatic carbocycles. The van der Waals surface area contributed by atoms with Gasteiger partial charge in [-0.25, -0.2) is 0 Å². The lowest BCUT2D eigenvalue weighted by Crippen LogP contribution is -2.11. The Morgan fingerprint density at radius 1 is 1.57 bits per heavy atom. The quantitative estimate of drug-likeness (QED) is 0.810. The fourth-order valence-electron chi connectivity index (χ4n) is 1.89. The smallest absolute Gasteiger partial charge is 0.0551 e. The van der Waals surface area contributed by atoms with Crippen molar-refractivity contribution >= 4 is 22.9 Å². The SMILES string of the molecule is CC(C)c1sc(C2CCCN2)cc1Cl. The van der Waals surface area contributed by atoms with E-state index in [0.29, 0.717) is 12.0 Å². The van der Waals surface area contributed by atoms with Crippen LogP contribution >= 0.6 is 22.9 Å². The largest absolute Gasteiger partial charge is 0.309 e. The van der Waals surface area contributed by atoms with Crippen molar-refractivity contribution in [1.29, 1.82) is 0 Å². The van der Waals surface area contributed by atoms with Gasteiger partial charge >= 0.3 is 0 Å². The zero-order valence-corrected chi connectivity index (χ0v) is 10.2. The number of hydrogen-bond donors (Lipinski definition) is 1. The molecule has 2 rings (SSSR count). The molecular weight excluding hydrogens is 214 g/mol. The molecule has 1 aromatic heterocycles. The first-order valence-electron chi connectivity index (χ1n) is 5.21. The van der Waals surface area contributed by atoms with Crippen LogP contribution in [0.25, 0.3) is 0 Å². The molecule has 0 bridgehead atoms. The van der Waals surface area contributed by atoms with Gasteiger partial charge in [-0.3, -0.25) is 0 Å². The number of thiophene rings is 1. The van der Waals surface area contributed by atoms with E-state index in [1.165, 1.54) is 22.6 Å². The maximum Gasteiger partial charge on any atom is 0.0551 e. The number of nitrogens with one attached hydrogen (secondary N) is 1. The summed E-state index contributed by atoms with van der Waals surface area (Å²) in [6.45, 7) is 5.55. The van der Waals surface area contributed by atoms with E-state index in [0.717, 1.165) is 11.6 Å². The highest BCUT2D eigenvalue weighted by Crippen LogP contribution is 2.38. The second kappa shape index (κ2) is 4.21. The molecule has 1 aliphatic heterocycles. The van der Waals surface area contributed by atoms with Gasteiger partial charge in [0.2, 0.25) is 0 Å². The Morgan fingerprint density at radius 3 is 2.86 bits per heavy atom. The molecular formula is C11H16ClNS. The van der Waals surface area contributed by atoms with Gasteiger partial charge in [0, 0.05) is 15.8 Å². The van der Waals surface area contributed by atoms with Gasteiger partial charge in [0.15, 0.2) is 0 Å². The van der Waals surface area contributed by atoms with Gasteiger partial charge in [-0.05, 0) is 31.4 Å². The molecule has 0 radical (unpaired) electrons. The minimum Gasteiger partial charge on any atom is -0.309 e. The summed E-state index contributed by atoms with van der Waals surface area (Å²) in [6.07, 6.45) is 2.55. The summed E-state index contributed by atoms with van der Waals surface area (Å²) in [5, 5.41) is 4.46. The van der Waals surface area contributed by atoms with E-state index in [-0.39, 0.29) is 0 Å². The molecule has 0 aromatic carbocycles. The number of hydrogen-bond acceptors (Lipinski definition) is 2. The van der Waals surface area contributed by atoms with Crippen LogP contribution in [0.15, 0.2) is 6.07 Å². The second-order valence-electron chi connectivity index (χ2n) is 4.16. The highest BCUT2D eigenvalue weighted by Gasteiger charge is 2.20. The van der Waals surface area contributed by atoms with Crippen LogP contribution in [-0.2, 0) is 0 Å². The van der Waals surface area contributed by atoms with Gasteiger partial charge in [-0.2, -0.15) is 0 Å². The van der Waals surface area contributed by atoms with Crippen molar-refractivity contribution in [2.75, 3.05) is 6.54 Å². The van der Waals surface area contributed by atoms with Crippen LogP contribution in [0.4, 0.5) is 0 Å². The Labute approximate surface area is 94.5 Å². The van der Waals surface area contributed by atoms with E-state index in [9.17, 15) is 0 Å². The standard InChI is InChI=1S/C11H16ClNS/c1-7(2)11-8(12)6-10(14-11)9-4-3-5-13-9/h6-7,9,13H,3-5H2,1-2H3. The maximum absolute atomic E-state index is 6.20. The molecule has 1 aromatic rings. The molecule has 2 heterocycles. The second-order valence-corrected chi connectivity index (χ2v) is 5.69. The topological polar surface area (TPSA) is 12.0 Å². The summed E-state index contributed by atoms with van der Waals surface area (Å²) in [7, 11) is 0. The van der Waals surface area contributed by atoms with Crippen molar-refractivity contribution in [3.05, 3.63) is 20.8 Å². The van der Waals surface area contributed by atoms with Crippen LogP contribution in [0.1, 0.15) is 48.4 Å². The highest BCUT2D eigenvalue weighted by molar-refractivity contribution is 7.12. The van der Waals surface area contributed by atoms with Crippen molar-refractivity contribution < 1.29 is 0 Å². The molecule has 14 heavy (non-hydrogen) atoms. The first-order valence-corrected chi connectivity index (χ1v) is 6.40. The minimum absolute atomic E-state index is 0.544. The molecule has 1 saturated heterocycles. The molecule has 1 unspecified atom stereocenters. The van der Waals surface area contributed by atoms with Crippen molar-refractivity contribution in [3.63, 3.8) is 0 Å². The average Bonchev–Trinajstić information content (AvgIpc) is 2.70. The first kappa shape index (κ1) is 10.5. The fourth-order valence-corrected chi connectivity index (χ4v) is 3.58. The fraction of sp³-hybridized carbons (Fsp3) is 0.636. The third kappa shape index (κ3) is 1.97. The molecule has 0 spiro atoms. The Bertz CT molecular complexity index is 313. The van der Waals surface area contributed by atoms with E-state index >= 15 is 0 Å². The predicted molar refractivity (Wildman–Crippen MR) is 63.4 cm³/mol. The van der Waals surface area contributed by atoms with Crippen LogP contribution < -0.4 is 5.32 Å². The van der Waals surface area contributed by atoms with E-state index in [1.54, 1.807) is 0 Å². The lowest BCUT2D eigenvalue weighted by Gasteiger charge is -2.06. The monoisotopic (exact) mass is 229 g/mol. The van der Waals surface area contributed by atoms with Gasteiger partial charge < -0.3 is 5.32 Å². The summed E-state index contributed by atoms with van der Waals surface area (Å²) in [4.78, 5) is 2.74. The maximum atomic E-state index is 6.20. The zero-order valence-electron chi connectivity index (χ0n) is 8.64. The van der Waals surface area contributed by atoms with E-state index < -0.39 is 0 Å². The summed E-state index contributed by atoms with van der Waals surface area (Å²) in [5.41, 5.74) is 0. The summed E-state index contributed by atoms with van der Waals surface area (Å²) >= 11 is 8.07. The average molecular weight is 230 g/mol. The van der Waals surface area contributed by atoms with Crippen LogP contribution in [0.2, 0.25) is 5.02 Å². The van der Waals surface area contributed by atoms with Crippen LogP contribution in [0.3, 0.4) is 0 Å². The molecule has 1 N–H and O–H groups in total. The highest BCUT2D eigenvalue weighted by atomic mass is 35.5. The van der Waals surface area contributed by atoms with Crippen molar-refractivity contribution in [1.82, 2.24) is 5.32 Å². The molecule has 78 valence electrons. The molecule has 0 amide bonds. The van der Waals surface area contributed by atoms with Gasteiger partial charge in [0.25, 0.3) is 0 Å². The first-order chi connectivity index (χ1) is 6.68. The van der Waals surface area contributed by atoms with Crippen LogP contribution in [-0.4, -0.2) is 6.54 Å². The molecule has 0 saturated carbocycles. The van der Waals surface area contributed by atoms with Gasteiger partial charge in [-0.15, -0.1) is 11.3 Å². The Hall–Kier alpha value is -0.0500. The third-order valence-corrected chi connectivity index (χ3v) is 4.63. The molecule has 1 fully saturated rings. The minimum atomic E-state index is 0.544. The lowest BCUT2D eigenvalue weighted by molar-refractivity contribution is 0.660. The summed E-state index contributed by atoms with van der Waals surface area (Å²) in [6, 6.07) is 2.70. The van der Waals surface area contributed by atoms with E-state index in [2.05, 4.69) is 25.2 Å². The van der Waals surface area contributed by atoms with Crippen molar-refractivity contribution in [3.8, 4) is 0 Å². The summed E-state index contributed by atoms with van der Waals surface area (Å²) < 4.78 is 0. The third-order valence-electron chi connectivity index (χ3n) is 2.66. The van der Waals surface area contributed by atoms with E-state index in [4.69, 9.17) is 11.6 Å². The van der Waals surface area contributed by atoms with E-state index in [1.807, 2.05) is 11.3 Å². The normalized spacial score (nSPS) is 22.1. The summed E-state index contributed by atoms with van der Waals surface area (Å²) in [5.74, 6) is 0.544. The van der Waals surface area contributed by atoms with Gasteiger partial charge in [-0.1, -0.05) is 25.4 Å². The van der Waals surface area contributed by atoms with Crippen molar-refractivity contribution in [2.24, 2.45) is 0 Å². The van der Waals surface area contributed by atoms with Crippen molar-refractivity contribution in [2.45, 2.75) is 38.6 Å². The Morgan fingerprint density at radius 2 is 2.36 bits per heavy atom. The Kier molecular flexibility index (Phi) is 3.15. The Balaban J connectivity index is 2.22. The zero-order chi connectivity index (χ0) is 10.1. The molecule has 3 heteroatoms. The van der Waals surface area contributed by atoms with Crippen LogP contribution in [0.5, 0.6) is 0 Å². The van der Waals surface area contributed by atoms with Gasteiger partial charge in [0.05, 0.1) is 5.02 Å². The number of halogens is 1.